The number of ether oxygens (including phenoxy) is 1. The van der Waals surface area contributed by atoms with Crippen molar-refractivity contribution in [2.24, 2.45) is 5.92 Å². The number of nitrogens with zero attached hydrogens (tertiary/aromatic N) is 1. The van der Waals surface area contributed by atoms with E-state index in [0.29, 0.717) is 24.3 Å². The highest BCUT2D eigenvalue weighted by Gasteiger charge is 2.33. The summed E-state index contributed by atoms with van der Waals surface area (Å²) < 4.78 is 6.99. The van der Waals surface area contributed by atoms with Crippen molar-refractivity contribution in [3.63, 3.8) is 0 Å². The Balaban J connectivity index is 1.83. The van der Waals surface area contributed by atoms with Gasteiger partial charge in [-0.05, 0) is 72.1 Å². The molecule has 0 bridgehead atoms. The second kappa shape index (κ2) is 7.77. The van der Waals surface area contributed by atoms with Crippen molar-refractivity contribution >= 4 is 22.6 Å². The van der Waals surface area contributed by atoms with Crippen LogP contribution in [0.3, 0.4) is 0 Å². The summed E-state index contributed by atoms with van der Waals surface area (Å²) in [7, 11) is 0. The highest BCUT2D eigenvalue weighted by molar-refractivity contribution is 14.1. The van der Waals surface area contributed by atoms with Gasteiger partial charge in [-0.1, -0.05) is 22.6 Å². The van der Waals surface area contributed by atoms with Crippen LogP contribution in [-0.2, 0) is 4.74 Å². The largest absolute Gasteiger partial charge is 0.375 e. The van der Waals surface area contributed by atoms with Crippen LogP contribution >= 0.6 is 22.6 Å². The highest BCUT2D eigenvalue weighted by Crippen LogP contribution is 2.33. The number of halogens is 1. The SMILES string of the molecule is CC(C)OC1CC(C)N(CC2CCC(I)CC2)C(C)C1. The van der Waals surface area contributed by atoms with Gasteiger partial charge >= 0.3 is 0 Å². The Bertz CT molecular complexity index is 277. The predicted molar refractivity (Wildman–Crippen MR) is 94.6 cm³/mol. The molecular formula is C17H32INO. The molecule has 118 valence electrons. The maximum absolute atomic E-state index is 6.06. The lowest BCUT2D eigenvalue weighted by molar-refractivity contribution is -0.0627. The molecule has 2 rings (SSSR count). The maximum Gasteiger partial charge on any atom is 0.0608 e. The number of rotatable bonds is 4. The molecule has 0 aromatic heterocycles. The fourth-order valence-corrected chi connectivity index (χ4v) is 4.74. The third-order valence-corrected chi connectivity index (χ3v) is 6.30. The molecule has 2 atom stereocenters. The van der Waals surface area contributed by atoms with Crippen LogP contribution in [0.15, 0.2) is 0 Å². The molecule has 0 amide bonds. The molecule has 2 fully saturated rings. The summed E-state index contributed by atoms with van der Waals surface area (Å²) >= 11 is 2.63. The smallest absolute Gasteiger partial charge is 0.0608 e. The standard InChI is InChI=1S/C17H32INO/c1-12(2)20-17-9-13(3)19(14(4)10-17)11-15-5-7-16(18)8-6-15/h12-17H,5-11H2,1-4H3. The first-order valence-corrected chi connectivity index (χ1v) is 9.75. The van der Waals surface area contributed by atoms with Gasteiger partial charge in [0.1, 0.15) is 0 Å². The van der Waals surface area contributed by atoms with Crippen LogP contribution in [0.4, 0.5) is 0 Å². The third-order valence-electron chi connectivity index (χ3n) is 5.05. The fraction of sp³-hybridized carbons (Fsp3) is 1.00. The first-order valence-electron chi connectivity index (χ1n) is 8.51. The van der Waals surface area contributed by atoms with E-state index in [-0.39, 0.29) is 0 Å². The molecule has 0 N–H and O–H groups in total. The number of hydrogen-bond donors (Lipinski definition) is 0. The molecule has 1 saturated heterocycles. The van der Waals surface area contributed by atoms with Crippen LogP contribution in [-0.4, -0.2) is 39.7 Å². The molecule has 2 nitrogen and oxygen atoms in total. The van der Waals surface area contributed by atoms with Crippen LogP contribution in [0.25, 0.3) is 0 Å². The average Bonchev–Trinajstić information content (AvgIpc) is 2.35. The number of alkyl halides is 1. The maximum atomic E-state index is 6.06. The van der Waals surface area contributed by atoms with Gasteiger partial charge in [0.25, 0.3) is 0 Å². The number of likely N-dealkylation sites (tertiary alicyclic amines) is 1. The molecule has 0 radical (unpaired) electrons. The van der Waals surface area contributed by atoms with E-state index < -0.39 is 0 Å². The Morgan fingerprint density at radius 2 is 1.60 bits per heavy atom. The minimum absolute atomic E-state index is 0.366. The van der Waals surface area contributed by atoms with Gasteiger partial charge in [-0.25, -0.2) is 0 Å². The van der Waals surface area contributed by atoms with E-state index >= 15 is 0 Å². The van der Waals surface area contributed by atoms with E-state index in [9.17, 15) is 0 Å². The van der Waals surface area contributed by atoms with Crippen molar-refractivity contribution in [1.29, 1.82) is 0 Å². The molecule has 3 heteroatoms. The molecule has 1 saturated carbocycles. The van der Waals surface area contributed by atoms with Gasteiger partial charge < -0.3 is 4.74 Å². The molecule has 20 heavy (non-hydrogen) atoms. The fourth-order valence-electron chi connectivity index (χ4n) is 4.02. The van der Waals surface area contributed by atoms with E-state index in [1.807, 2.05) is 0 Å². The molecule has 0 spiro atoms. The summed E-state index contributed by atoms with van der Waals surface area (Å²) in [6.45, 7) is 10.4. The summed E-state index contributed by atoms with van der Waals surface area (Å²) in [6, 6.07) is 1.36. The lowest BCUT2D eigenvalue weighted by atomic mass is 9.86. The Kier molecular flexibility index (Phi) is 6.61. The van der Waals surface area contributed by atoms with Crippen molar-refractivity contribution in [2.75, 3.05) is 6.54 Å². The lowest BCUT2D eigenvalue weighted by Gasteiger charge is -2.45. The van der Waals surface area contributed by atoms with E-state index in [1.54, 1.807) is 0 Å². The minimum Gasteiger partial charge on any atom is -0.375 e. The van der Waals surface area contributed by atoms with E-state index in [4.69, 9.17) is 4.74 Å². The van der Waals surface area contributed by atoms with E-state index in [0.717, 1.165) is 9.84 Å². The van der Waals surface area contributed by atoms with E-state index in [2.05, 4.69) is 55.2 Å². The van der Waals surface area contributed by atoms with Crippen LogP contribution in [0.1, 0.15) is 66.2 Å². The van der Waals surface area contributed by atoms with E-state index in [1.165, 1.54) is 45.1 Å². The van der Waals surface area contributed by atoms with Crippen molar-refractivity contribution in [1.82, 2.24) is 4.90 Å². The van der Waals surface area contributed by atoms with Gasteiger partial charge in [0.2, 0.25) is 0 Å². The van der Waals surface area contributed by atoms with Crippen LogP contribution in [0.5, 0.6) is 0 Å². The van der Waals surface area contributed by atoms with Crippen LogP contribution in [0, 0.1) is 5.92 Å². The molecule has 2 aliphatic rings. The molecular weight excluding hydrogens is 361 g/mol. The monoisotopic (exact) mass is 393 g/mol. The zero-order valence-corrected chi connectivity index (χ0v) is 15.8. The van der Waals surface area contributed by atoms with Gasteiger partial charge in [-0.3, -0.25) is 4.90 Å². The van der Waals surface area contributed by atoms with Crippen LogP contribution < -0.4 is 0 Å². The Morgan fingerprint density at radius 1 is 1.05 bits per heavy atom. The van der Waals surface area contributed by atoms with Crippen LogP contribution in [0.2, 0.25) is 0 Å². The highest BCUT2D eigenvalue weighted by atomic mass is 127. The summed E-state index contributed by atoms with van der Waals surface area (Å²) in [5.41, 5.74) is 0. The van der Waals surface area contributed by atoms with Gasteiger partial charge in [0, 0.05) is 22.6 Å². The van der Waals surface area contributed by atoms with Crippen molar-refractivity contribution in [2.45, 2.75) is 94.4 Å². The minimum atomic E-state index is 0.366. The van der Waals surface area contributed by atoms with Crippen molar-refractivity contribution < 1.29 is 4.74 Å². The van der Waals surface area contributed by atoms with Gasteiger partial charge in [0.05, 0.1) is 12.2 Å². The molecule has 1 aliphatic carbocycles. The Hall–Kier alpha value is 0.650. The van der Waals surface area contributed by atoms with Crippen molar-refractivity contribution in [3.05, 3.63) is 0 Å². The Morgan fingerprint density at radius 3 is 2.10 bits per heavy atom. The first-order chi connectivity index (χ1) is 9.45. The van der Waals surface area contributed by atoms with Gasteiger partial charge in [0.15, 0.2) is 0 Å². The zero-order valence-electron chi connectivity index (χ0n) is 13.6. The molecule has 0 aromatic rings. The summed E-state index contributed by atoms with van der Waals surface area (Å²) in [6.07, 6.45) is 9.01. The number of hydrogen-bond acceptors (Lipinski definition) is 2. The van der Waals surface area contributed by atoms with Gasteiger partial charge in [-0.15, -0.1) is 0 Å². The Labute approximate surface area is 139 Å². The second-order valence-electron chi connectivity index (χ2n) is 7.29. The zero-order chi connectivity index (χ0) is 14.7. The average molecular weight is 393 g/mol. The normalized spacial score (nSPS) is 40.2. The summed E-state index contributed by atoms with van der Waals surface area (Å²) in [5, 5.41) is 0. The quantitative estimate of drug-likeness (QED) is 0.510. The van der Waals surface area contributed by atoms with Gasteiger partial charge in [-0.2, -0.15) is 0 Å². The molecule has 1 aliphatic heterocycles. The molecule has 1 heterocycles. The summed E-state index contributed by atoms with van der Waals surface area (Å²) in [4.78, 5) is 2.76. The number of piperidine rings is 1. The predicted octanol–water partition coefficient (Wildman–Crippen LogP) is 4.65. The van der Waals surface area contributed by atoms with Crippen molar-refractivity contribution in [3.8, 4) is 0 Å². The lowest BCUT2D eigenvalue weighted by Crippen LogP contribution is -2.51. The third kappa shape index (κ3) is 4.84. The topological polar surface area (TPSA) is 12.5 Å². The first kappa shape index (κ1) is 17.0. The molecule has 2 unspecified atom stereocenters. The summed E-state index contributed by atoms with van der Waals surface area (Å²) in [5.74, 6) is 0.938. The second-order valence-corrected chi connectivity index (χ2v) is 9.05. The molecule has 0 aromatic carbocycles.